The zero-order valence-corrected chi connectivity index (χ0v) is 31.3. The molecular formula is C32H36N10O11P2. The number of fused-ring (bicyclic) bond motifs is 4. The molecule has 0 fully saturated rings. The largest absolute Gasteiger partial charge is 0.497 e. The molecule has 6 N–H and O–H groups in total. The van der Waals surface area contributed by atoms with Gasteiger partial charge < -0.3 is 43.9 Å². The summed E-state index contributed by atoms with van der Waals surface area (Å²) in [5, 5.41) is 0. The molecule has 21 nitrogen and oxygen atoms in total. The molecule has 6 heterocycles. The van der Waals surface area contributed by atoms with Crippen molar-refractivity contribution in [1.29, 1.82) is 0 Å². The van der Waals surface area contributed by atoms with Crippen molar-refractivity contribution in [1.82, 2.24) is 39.0 Å². The minimum atomic E-state index is -3.42. The van der Waals surface area contributed by atoms with Gasteiger partial charge in [0.15, 0.2) is 35.0 Å². The van der Waals surface area contributed by atoms with Crippen molar-refractivity contribution < 1.29 is 41.4 Å². The number of aryl methyl sites for hydroxylation is 1. The maximum Gasteiger partial charge on any atom is 0.405 e. The van der Waals surface area contributed by atoms with E-state index < -0.39 is 26.3 Å². The molecule has 2 atom stereocenters. The molecule has 0 amide bonds. The number of nitrogens with zero attached hydrogens (tertiary/aromatic N) is 6. The standard InChI is InChI=1S/C16H18N5O6P.C16H18N5O5P/c1-24-11-2-3-12-10(6-11)7-26-28(23,27-12)9-25-5-4-21-8-18-13-14(21)19-16(17)20-15(13)22;1-10-3-2-4-11-7-25-27(23,26-13(10)11)9-24-6-5-21-8-18-12-14(21)19-16(17)20-15(12)22/h2-3,6,8H,4-5,7,9H2,1H3,(H3,17,19,20,22);2-4,8H,5-7,9H2,1H3,(H3,17,19,20,22). The molecule has 290 valence electrons. The Labute approximate surface area is 310 Å². The molecule has 2 unspecified atom stereocenters. The minimum Gasteiger partial charge on any atom is -0.497 e. The van der Waals surface area contributed by atoms with Crippen molar-refractivity contribution in [3.8, 4) is 17.2 Å². The summed E-state index contributed by atoms with van der Waals surface area (Å²) in [7, 11) is -5.23. The van der Waals surface area contributed by atoms with Gasteiger partial charge in [-0.15, -0.1) is 0 Å². The normalized spacial score (nSPS) is 18.8. The smallest absolute Gasteiger partial charge is 0.405 e. The minimum absolute atomic E-state index is 0.00362. The van der Waals surface area contributed by atoms with Crippen LogP contribution in [0.3, 0.4) is 0 Å². The van der Waals surface area contributed by atoms with E-state index in [2.05, 4.69) is 29.9 Å². The zero-order valence-electron chi connectivity index (χ0n) is 29.5. The number of ether oxygens (including phenoxy) is 3. The number of aromatic amines is 2. The number of hydrogen-bond acceptors (Lipinski definition) is 17. The topological polar surface area (TPSA) is 278 Å². The van der Waals surface area contributed by atoms with E-state index in [-0.39, 0.29) is 62.1 Å². The summed E-state index contributed by atoms with van der Waals surface area (Å²) >= 11 is 0. The fourth-order valence-corrected chi connectivity index (χ4v) is 8.35. The van der Waals surface area contributed by atoms with Gasteiger partial charge in [-0.25, -0.2) is 19.1 Å². The van der Waals surface area contributed by atoms with E-state index in [0.29, 0.717) is 41.6 Å². The number of para-hydroxylation sites is 1. The molecule has 2 aliphatic heterocycles. The molecule has 6 aromatic rings. The molecule has 0 bridgehead atoms. The van der Waals surface area contributed by atoms with Crippen LogP contribution in [0.25, 0.3) is 22.3 Å². The Bertz CT molecular complexity index is 2590. The van der Waals surface area contributed by atoms with E-state index in [1.165, 1.54) is 12.7 Å². The van der Waals surface area contributed by atoms with Gasteiger partial charge in [-0.05, 0) is 30.7 Å². The molecule has 4 aromatic heterocycles. The number of imidazole rings is 2. The Kier molecular flexibility index (Phi) is 10.7. The maximum absolute atomic E-state index is 12.7. The summed E-state index contributed by atoms with van der Waals surface area (Å²) in [4.78, 5) is 44.5. The van der Waals surface area contributed by atoms with Crippen molar-refractivity contribution >= 4 is 49.4 Å². The SMILES string of the molecule is COc1ccc2c(c1)COP(=O)(COCCn1cnc3c(=O)[nH]c(N)nc31)O2.Cc1cccc2c1OP(=O)(COCCn1cnc3c(=O)[nH]c(N)nc31)OC2. The van der Waals surface area contributed by atoms with Gasteiger partial charge in [0.05, 0.1) is 46.2 Å². The fraction of sp³-hybridized carbons (Fsp3) is 0.312. The van der Waals surface area contributed by atoms with Crippen LogP contribution in [0.1, 0.15) is 16.7 Å². The highest BCUT2D eigenvalue weighted by atomic mass is 31.2. The van der Waals surface area contributed by atoms with E-state index in [1.54, 1.807) is 34.4 Å². The molecule has 2 aliphatic rings. The molecule has 55 heavy (non-hydrogen) atoms. The lowest BCUT2D eigenvalue weighted by Crippen LogP contribution is -2.15. The Balaban J connectivity index is 0.000000169. The van der Waals surface area contributed by atoms with Crippen LogP contribution in [0.15, 0.2) is 58.6 Å². The van der Waals surface area contributed by atoms with Crippen LogP contribution in [-0.2, 0) is 54.0 Å². The molecule has 2 aromatic carbocycles. The van der Waals surface area contributed by atoms with Gasteiger partial charge in [0.2, 0.25) is 11.9 Å². The molecule has 8 rings (SSSR count). The number of nitrogen functional groups attached to an aromatic ring is 2. The number of rotatable bonds is 11. The molecule has 0 aliphatic carbocycles. The average molecular weight is 799 g/mol. The second-order valence-corrected chi connectivity index (χ2v) is 16.0. The first-order chi connectivity index (χ1) is 26.4. The van der Waals surface area contributed by atoms with Crippen molar-refractivity contribution in [3.63, 3.8) is 0 Å². The monoisotopic (exact) mass is 798 g/mol. The van der Waals surface area contributed by atoms with Gasteiger partial charge in [0.1, 0.15) is 17.2 Å². The summed E-state index contributed by atoms with van der Waals surface area (Å²) < 4.78 is 66.8. The van der Waals surface area contributed by atoms with Crippen molar-refractivity contribution in [3.05, 3.63) is 86.5 Å². The first kappa shape index (κ1) is 37.7. The molecule has 0 saturated heterocycles. The van der Waals surface area contributed by atoms with Crippen LogP contribution in [0.4, 0.5) is 11.9 Å². The van der Waals surface area contributed by atoms with Crippen molar-refractivity contribution in [2.45, 2.75) is 33.2 Å². The number of aromatic nitrogens is 8. The summed E-state index contributed by atoms with van der Waals surface area (Å²) in [5.41, 5.74) is 13.9. The predicted molar refractivity (Wildman–Crippen MR) is 197 cm³/mol. The molecular weight excluding hydrogens is 762 g/mol. The van der Waals surface area contributed by atoms with Crippen LogP contribution in [0, 0.1) is 6.92 Å². The summed E-state index contributed by atoms with van der Waals surface area (Å²) in [6.07, 6.45) is 2.56. The number of methoxy groups -OCH3 is 1. The van der Waals surface area contributed by atoms with Gasteiger partial charge in [-0.3, -0.25) is 28.6 Å². The number of benzene rings is 2. The lowest BCUT2D eigenvalue weighted by atomic mass is 10.1. The van der Waals surface area contributed by atoms with Crippen LogP contribution >= 0.6 is 15.2 Å². The highest BCUT2D eigenvalue weighted by Gasteiger charge is 2.34. The Morgan fingerprint density at radius 3 is 1.95 bits per heavy atom. The van der Waals surface area contributed by atoms with Crippen LogP contribution in [-0.4, -0.2) is 72.1 Å². The Morgan fingerprint density at radius 2 is 1.36 bits per heavy atom. The number of nitrogens with two attached hydrogens (primary N) is 2. The number of H-pyrrole nitrogens is 2. The lowest BCUT2D eigenvalue weighted by molar-refractivity contribution is 0.132. The molecule has 0 radical (unpaired) electrons. The summed E-state index contributed by atoms with van der Waals surface area (Å²) in [6.45, 7) is 3.33. The van der Waals surface area contributed by atoms with Gasteiger partial charge >= 0.3 is 15.2 Å². The van der Waals surface area contributed by atoms with Gasteiger partial charge in [-0.2, -0.15) is 9.97 Å². The van der Waals surface area contributed by atoms with E-state index in [9.17, 15) is 18.7 Å². The first-order valence-electron chi connectivity index (χ1n) is 16.6. The fourth-order valence-electron chi connectivity index (χ4n) is 5.59. The van der Waals surface area contributed by atoms with E-state index >= 15 is 0 Å². The lowest BCUT2D eigenvalue weighted by Gasteiger charge is -2.26. The quantitative estimate of drug-likeness (QED) is 0.108. The number of anilines is 2. The highest BCUT2D eigenvalue weighted by molar-refractivity contribution is 7.54. The number of hydrogen-bond donors (Lipinski definition) is 4. The predicted octanol–water partition coefficient (Wildman–Crippen LogP) is 3.27. The van der Waals surface area contributed by atoms with Gasteiger partial charge in [0, 0.05) is 24.2 Å². The zero-order chi connectivity index (χ0) is 38.7. The summed E-state index contributed by atoms with van der Waals surface area (Å²) in [6, 6.07) is 10.8. The van der Waals surface area contributed by atoms with Gasteiger partial charge in [-0.1, -0.05) is 18.2 Å². The summed E-state index contributed by atoms with van der Waals surface area (Å²) in [5.74, 6) is 1.76. The Hall–Kier alpha value is -5.56. The van der Waals surface area contributed by atoms with Crippen LogP contribution < -0.4 is 36.4 Å². The molecule has 0 spiro atoms. The first-order valence-corrected chi connectivity index (χ1v) is 20.1. The van der Waals surface area contributed by atoms with Crippen molar-refractivity contribution in [2.75, 3.05) is 44.5 Å². The van der Waals surface area contributed by atoms with Crippen molar-refractivity contribution in [2.24, 2.45) is 0 Å². The average Bonchev–Trinajstić information content (AvgIpc) is 3.76. The third kappa shape index (κ3) is 8.41. The Morgan fingerprint density at radius 1 is 0.800 bits per heavy atom. The number of nitrogens with one attached hydrogen (secondary N) is 2. The molecule has 0 saturated carbocycles. The van der Waals surface area contributed by atoms with E-state index in [4.69, 9.17) is 43.8 Å². The van der Waals surface area contributed by atoms with Crippen LogP contribution in [0.5, 0.6) is 17.2 Å². The second-order valence-electron chi connectivity index (χ2n) is 12.2. The maximum atomic E-state index is 12.7. The van der Waals surface area contributed by atoms with E-state index in [1.807, 2.05) is 25.1 Å². The second kappa shape index (κ2) is 15.7. The van der Waals surface area contributed by atoms with Crippen LogP contribution in [0.2, 0.25) is 0 Å². The molecule has 23 heteroatoms. The highest BCUT2D eigenvalue weighted by Crippen LogP contribution is 2.55. The third-order valence-electron chi connectivity index (χ3n) is 8.30. The van der Waals surface area contributed by atoms with E-state index in [0.717, 1.165) is 16.7 Å². The third-order valence-corrected chi connectivity index (χ3v) is 11.3. The van der Waals surface area contributed by atoms with Gasteiger partial charge in [0.25, 0.3) is 11.1 Å².